The topological polar surface area (TPSA) is 93.4 Å². The van der Waals surface area contributed by atoms with Crippen molar-refractivity contribution in [2.75, 3.05) is 18.1 Å². The molecule has 1 saturated heterocycles. The molecule has 0 spiro atoms. The molecule has 2 aromatic rings. The molecular weight excluding hydrogens is 447 g/mol. The number of halogens is 3. The second-order valence-electron chi connectivity index (χ2n) is 7.33. The van der Waals surface area contributed by atoms with Crippen molar-refractivity contribution in [2.45, 2.75) is 31.3 Å². The minimum atomic E-state index is -0.521. The second kappa shape index (κ2) is 9.54. The highest BCUT2D eigenvalue weighted by molar-refractivity contribution is 6.41. The number of benzene rings is 2. The fourth-order valence-corrected chi connectivity index (χ4v) is 4.76. The van der Waals surface area contributed by atoms with Gasteiger partial charge >= 0.3 is 0 Å². The molecule has 2 heterocycles. The van der Waals surface area contributed by atoms with E-state index < -0.39 is 5.91 Å². The molecule has 30 heavy (non-hydrogen) atoms. The summed E-state index contributed by atoms with van der Waals surface area (Å²) in [6.07, 6.45) is 3.35. The number of carbonyl (C=O) groups excluding carboxylic acids is 1. The first kappa shape index (κ1) is 22.8. The van der Waals surface area contributed by atoms with E-state index in [1.165, 1.54) is 6.42 Å². The smallest absolute Gasteiger partial charge is 0.266 e. The Balaban J connectivity index is 0.00000256. The summed E-state index contributed by atoms with van der Waals surface area (Å²) < 4.78 is 0. The van der Waals surface area contributed by atoms with Crippen LogP contribution in [0.3, 0.4) is 0 Å². The van der Waals surface area contributed by atoms with Crippen LogP contribution in [-0.4, -0.2) is 41.1 Å². The van der Waals surface area contributed by atoms with Crippen LogP contribution in [-0.2, 0) is 4.79 Å². The fourth-order valence-electron chi connectivity index (χ4n) is 4.14. The highest BCUT2D eigenvalue weighted by Crippen LogP contribution is 2.42. The minimum absolute atomic E-state index is 0. The van der Waals surface area contributed by atoms with Gasteiger partial charge in [-0.3, -0.25) is 14.7 Å². The molecule has 0 aliphatic carbocycles. The number of nitrogens with two attached hydrogens (primary N) is 1. The molecular formula is C21H23Cl3N4O2. The van der Waals surface area contributed by atoms with Crippen molar-refractivity contribution in [3.63, 3.8) is 0 Å². The Bertz CT molecular complexity index is 946. The summed E-state index contributed by atoms with van der Waals surface area (Å²) in [6, 6.07) is 12.3. The van der Waals surface area contributed by atoms with Crippen LogP contribution < -0.4 is 10.7 Å². The summed E-state index contributed by atoms with van der Waals surface area (Å²) in [4.78, 5) is 14.7. The Morgan fingerprint density at radius 2 is 1.57 bits per heavy atom. The minimum Gasteiger partial charge on any atom is -0.412 e. The van der Waals surface area contributed by atoms with Crippen LogP contribution in [0.4, 0.5) is 5.69 Å². The Kier molecular flexibility index (Phi) is 7.26. The number of anilines is 1. The predicted octanol–water partition coefficient (Wildman–Crippen LogP) is 4.08. The lowest BCUT2D eigenvalue weighted by Crippen LogP contribution is -2.50. The number of hydrogen-bond acceptors (Lipinski definition) is 4. The number of carbonyl (C=O) groups is 1. The quantitative estimate of drug-likeness (QED) is 0.731. The monoisotopic (exact) mass is 468 g/mol. The van der Waals surface area contributed by atoms with Crippen LogP contribution >= 0.6 is 34.8 Å². The zero-order valence-electron chi connectivity index (χ0n) is 16.2. The summed E-state index contributed by atoms with van der Waals surface area (Å²) in [5, 5.41) is 8.09. The van der Waals surface area contributed by atoms with E-state index in [2.05, 4.69) is 10.0 Å². The largest absolute Gasteiger partial charge is 0.412 e. The molecule has 0 aromatic heterocycles. The number of piperidine rings is 1. The number of hydrogen-bond donors (Lipinski definition) is 1. The Hall–Kier alpha value is -1.83. The Morgan fingerprint density at radius 3 is 2.17 bits per heavy atom. The van der Waals surface area contributed by atoms with Gasteiger partial charge in [-0.05, 0) is 61.8 Å². The number of nitrogens with zero attached hydrogens (tertiary/aromatic N) is 3. The van der Waals surface area contributed by atoms with Crippen LogP contribution in [0.5, 0.6) is 0 Å². The van der Waals surface area contributed by atoms with Gasteiger partial charge in [0.25, 0.3) is 5.91 Å². The number of likely N-dealkylation sites (tertiary alicyclic amines) is 1. The summed E-state index contributed by atoms with van der Waals surface area (Å²) in [5.74, 6) is -0.521. The Morgan fingerprint density at radius 1 is 0.933 bits per heavy atom. The Labute approximate surface area is 190 Å². The second-order valence-corrected chi connectivity index (χ2v) is 8.61. The molecule has 4 rings (SSSR count). The van der Waals surface area contributed by atoms with Gasteiger partial charge in [0.05, 0.1) is 22.8 Å². The van der Waals surface area contributed by atoms with Gasteiger partial charge in [0, 0.05) is 10.0 Å². The molecule has 0 bridgehead atoms. The van der Waals surface area contributed by atoms with E-state index in [4.69, 9.17) is 40.5 Å². The van der Waals surface area contributed by atoms with Crippen molar-refractivity contribution in [1.29, 1.82) is 0 Å². The fraction of sp³-hybridized carbons (Fsp3) is 0.333. The number of primary amides is 1. The zero-order chi connectivity index (χ0) is 20.5. The van der Waals surface area contributed by atoms with E-state index in [0.29, 0.717) is 26.5 Å². The molecule has 0 saturated carbocycles. The molecule has 9 heteroatoms. The third-order valence-corrected chi connectivity index (χ3v) is 6.25. The lowest BCUT2D eigenvalue weighted by Gasteiger charge is -2.37. The van der Waals surface area contributed by atoms with Crippen molar-refractivity contribution in [3.8, 4) is 0 Å². The van der Waals surface area contributed by atoms with E-state index in [9.17, 15) is 4.79 Å². The van der Waals surface area contributed by atoms with Crippen molar-refractivity contribution in [3.05, 3.63) is 63.1 Å². The van der Waals surface area contributed by atoms with Gasteiger partial charge in [-0.1, -0.05) is 53.4 Å². The van der Waals surface area contributed by atoms with Crippen LogP contribution in [0.15, 0.2) is 47.6 Å². The van der Waals surface area contributed by atoms with Gasteiger partial charge in [0.2, 0.25) is 0 Å². The SMILES string of the molecule is NC(=O)C1=NN(c2ccc(Cl)cc2Cl)C(c2ccc(Cl)cc2)C1N1CCCCC1.O. The maximum atomic E-state index is 12.4. The summed E-state index contributed by atoms with van der Waals surface area (Å²) >= 11 is 18.7. The van der Waals surface area contributed by atoms with Crippen LogP contribution in [0.25, 0.3) is 0 Å². The first-order valence-corrected chi connectivity index (χ1v) is 10.7. The lowest BCUT2D eigenvalue weighted by molar-refractivity contribution is -0.112. The van der Waals surface area contributed by atoms with Crippen molar-refractivity contribution in [2.24, 2.45) is 10.8 Å². The van der Waals surface area contributed by atoms with Gasteiger partial charge < -0.3 is 11.2 Å². The van der Waals surface area contributed by atoms with Crippen LogP contribution in [0, 0.1) is 0 Å². The van der Waals surface area contributed by atoms with Gasteiger partial charge in [-0.15, -0.1) is 0 Å². The normalized spacial score (nSPS) is 21.8. The number of amides is 1. The van der Waals surface area contributed by atoms with E-state index in [1.807, 2.05) is 30.3 Å². The van der Waals surface area contributed by atoms with Gasteiger partial charge in [0.15, 0.2) is 0 Å². The molecule has 2 unspecified atom stereocenters. The van der Waals surface area contributed by atoms with Crippen molar-refractivity contribution < 1.29 is 10.3 Å². The van der Waals surface area contributed by atoms with Crippen LogP contribution in [0.1, 0.15) is 30.9 Å². The average molecular weight is 470 g/mol. The molecule has 2 aliphatic heterocycles. The van der Waals surface area contributed by atoms with Crippen LogP contribution in [0.2, 0.25) is 15.1 Å². The number of hydrazone groups is 1. The average Bonchev–Trinajstić information content (AvgIpc) is 3.10. The highest BCUT2D eigenvalue weighted by Gasteiger charge is 2.45. The van der Waals surface area contributed by atoms with E-state index >= 15 is 0 Å². The van der Waals surface area contributed by atoms with Gasteiger partial charge in [0.1, 0.15) is 5.71 Å². The summed E-state index contributed by atoms with van der Waals surface area (Å²) in [7, 11) is 0. The van der Waals surface area contributed by atoms with Gasteiger partial charge in [-0.25, -0.2) is 0 Å². The first-order chi connectivity index (χ1) is 14.0. The van der Waals surface area contributed by atoms with Crippen molar-refractivity contribution >= 4 is 52.1 Å². The lowest BCUT2D eigenvalue weighted by atomic mass is 9.93. The molecule has 2 aromatic carbocycles. The first-order valence-electron chi connectivity index (χ1n) is 9.58. The molecule has 160 valence electrons. The standard InChI is InChI=1S/C21H21Cl3N4O.H2O/c22-14-6-4-13(5-7-14)19-20(27-10-2-1-3-11-27)18(21(25)29)26-28(19)17-9-8-15(23)12-16(17)24;/h4-9,12,19-20H,1-3,10-11H2,(H2,25,29);1H2. The predicted molar refractivity (Wildman–Crippen MR) is 123 cm³/mol. The highest BCUT2D eigenvalue weighted by atomic mass is 35.5. The zero-order valence-corrected chi connectivity index (χ0v) is 18.5. The third-order valence-electron chi connectivity index (χ3n) is 5.46. The molecule has 2 atom stereocenters. The maximum absolute atomic E-state index is 12.4. The summed E-state index contributed by atoms with van der Waals surface area (Å²) in [6.45, 7) is 1.78. The van der Waals surface area contributed by atoms with E-state index in [-0.39, 0.29) is 17.6 Å². The third kappa shape index (κ3) is 4.43. The molecule has 2 aliphatic rings. The van der Waals surface area contributed by atoms with E-state index in [0.717, 1.165) is 31.5 Å². The molecule has 4 N–H and O–H groups in total. The van der Waals surface area contributed by atoms with E-state index in [1.54, 1.807) is 17.1 Å². The molecule has 6 nitrogen and oxygen atoms in total. The van der Waals surface area contributed by atoms with Crippen molar-refractivity contribution in [1.82, 2.24) is 4.90 Å². The molecule has 1 amide bonds. The summed E-state index contributed by atoms with van der Waals surface area (Å²) in [5.41, 5.74) is 7.77. The number of rotatable bonds is 4. The maximum Gasteiger partial charge on any atom is 0.266 e. The molecule has 1 fully saturated rings. The van der Waals surface area contributed by atoms with Gasteiger partial charge in [-0.2, -0.15) is 5.10 Å². The molecule has 0 radical (unpaired) electrons.